The zero-order valence-corrected chi connectivity index (χ0v) is 11.1. The third kappa shape index (κ3) is 2.99. The van der Waals surface area contributed by atoms with Crippen molar-refractivity contribution in [3.63, 3.8) is 0 Å². The van der Waals surface area contributed by atoms with Crippen LogP contribution in [0.3, 0.4) is 0 Å². The van der Waals surface area contributed by atoms with Crippen molar-refractivity contribution in [1.82, 2.24) is 14.3 Å². The highest BCUT2D eigenvalue weighted by Gasteiger charge is 2.05. The largest absolute Gasteiger partial charge is 0.428 e. The lowest BCUT2D eigenvalue weighted by atomic mass is 10.3. The van der Waals surface area contributed by atoms with Crippen molar-refractivity contribution in [3.05, 3.63) is 28.8 Å². The average molecular weight is 300 g/mol. The molecular weight excluding hydrogens is 290 g/mol. The Bertz CT molecular complexity index is 475. The molecule has 0 amide bonds. The van der Waals surface area contributed by atoms with Crippen LogP contribution in [-0.4, -0.2) is 14.3 Å². The molecule has 2 aromatic rings. The second-order valence-electron chi connectivity index (χ2n) is 3.17. The summed E-state index contributed by atoms with van der Waals surface area (Å²) in [7, 11) is 0. The van der Waals surface area contributed by atoms with Gasteiger partial charge in [-0.05, 0) is 28.4 Å². The first-order valence-corrected chi connectivity index (χ1v) is 6.45. The van der Waals surface area contributed by atoms with Gasteiger partial charge in [-0.15, -0.1) is 0 Å². The number of aryl methyl sites for hydroxylation is 1. The number of pyridine rings is 1. The third-order valence-corrected chi connectivity index (χ3v) is 2.87. The van der Waals surface area contributed by atoms with Crippen LogP contribution >= 0.6 is 27.5 Å². The maximum absolute atomic E-state index is 5.54. The van der Waals surface area contributed by atoms with Crippen molar-refractivity contribution >= 4 is 27.5 Å². The van der Waals surface area contributed by atoms with Crippen LogP contribution in [0.15, 0.2) is 22.9 Å². The lowest BCUT2D eigenvalue weighted by Crippen LogP contribution is -1.87. The average Bonchev–Trinajstić information content (AvgIpc) is 2.66. The Balaban J connectivity index is 2.08. The first-order chi connectivity index (χ1) is 7.78. The van der Waals surface area contributed by atoms with E-state index in [1.165, 1.54) is 11.5 Å². The molecule has 6 heteroatoms. The maximum atomic E-state index is 5.54. The van der Waals surface area contributed by atoms with Gasteiger partial charge in [-0.25, -0.2) is 0 Å². The molecule has 0 fully saturated rings. The molecule has 0 unspecified atom stereocenters. The van der Waals surface area contributed by atoms with Gasteiger partial charge in [0.05, 0.1) is 6.20 Å². The van der Waals surface area contributed by atoms with Crippen LogP contribution in [0, 0.1) is 0 Å². The summed E-state index contributed by atoms with van der Waals surface area (Å²) in [6, 6.07) is 1.84. The number of hydrogen-bond acceptors (Lipinski definition) is 5. The third-order valence-electron chi connectivity index (χ3n) is 1.81. The fraction of sp³-hybridized carbons (Fsp3) is 0.300. The van der Waals surface area contributed by atoms with Gasteiger partial charge in [-0.3, -0.25) is 4.98 Å². The number of ether oxygens (including phenoxy) is 1. The van der Waals surface area contributed by atoms with Gasteiger partial charge in [0.15, 0.2) is 0 Å². The summed E-state index contributed by atoms with van der Waals surface area (Å²) < 4.78 is 10.6. The molecule has 0 aliphatic heterocycles. The molecule has 0 atom stereocenters. The minimum absolute atomic E-state index is 0.559. The minimum Gasteiger partial charge on any atom is -0.428 e. The molecule has 0 aromatic carbocycles. The van der Waals surface area contributed by atoms with Crippen LogP contribution in [0.4, 0.5) is 0 Å². The molecular formula is C10H10BrN3OS. The fourth-order valence-corrected chi connectivity index (χ4v) is 2.09. The Morgan fingerprint density at radius 3 is 3.06 bits per heavy atom. The number of aromatic nitrogens is 3. The van der Waals surface area contributed by atoms with Crippen molar-refractivity contribution in [1.29, 1.82) is 0 Å². The first kappa shape index (κ1) is 11.5. The predicted molar refractivity (Wildman–Crippen MR) is 65.9 cm³/mol. The topological polar surface area (TPSA) is 47.9 Å². The van der Waals surface area contributed by atoms with Crippen LogP contribution < -0.4 is 4.74 Å². The second-order valence-corrected chi connectivity index (χ2v) is 4.80. The quantitative estimate of drug-likeness (QED) is 0.868. The van der Waals surface area contributed by atoms with E-state index in [4.69, 9.17) is 4.74 Å². The summed E-state index contributed by atoms with van der Waals surface area (Å²) in [5, 5.41) is 0.559. The molecule has 0 bridgehead atoms. The molecule has 0 N–H and O–H groups in total. The van der Waals surface area contributed by atoms with E-state index in [-0.39, 0.29) is 0 Å². The Kier molecular flexibility index (Phi) is 3.84. The lowest BCUT2D eigenvalue weighted by molar-refractivity contribution is 0.474. The number of nitrogens with zero attached hydrogens (tertiary/aromatic N) is 3. The van der Waals surface area contributed by atoms with E-state index in [1.807, 2.05) is 6.07 Å². The Labute approximate surface area is 106 Å². The summed E-state index contributed by atoms with van der Waals surface area (Å²) in [5.74, 6) is 1.50. The van der Waals surface area contributed by atoms with Crippen LogP contribution in [0.2, 0.25) is 0 Å². The summed E-state index contributed by atoms with van der Waals surface area (Å²) in [5.41, 5.74) is 0. The molecule has 2 rings (SSSR count). The van der Waals surface area contributed by atoms with E-state index in [0.29, 0.717) is 10.9 Å². The van der Waals surface area contributed by atoms with Crippen LogP contribution in [-0.2, 0) is 6.42 Å². The molecule has 16 heavy (non-hydrogen) atoms. The van der Waals surface area contributed by atoms with Gasteiger partial charge in [-0.1, -0.05) is 6.92 Å². The van der Waals surface area contributed by atoms with Gasteiger partial charge in [0, 0.05) is 28.6 Å². The maximum Gasteiger partial charge on any atom is 0.298 e. The van der Waals surface area contributed by atoms with Crippen LogP contribution in [0.5, 0.6) is 10.9 Å². The van der Waals surface area contributed by atoms with Gasteiger partial charge < -0.3 is 4.74 Å². The molecule has 4 nitrogen and oxygen atoms in total. The SMILES string of the molecule is CCCc1nsc(Oc2cncc(Br)c2)n1. The fourth-order valence-electron chi connectivity index (χ4n) is 1.15. The van der Waals surface area contributed by atoms with Gasteiger partial charge in [-0.2, -0.15) is 9.36 Å². The highest BCUT2D eigenvalue weighted by molar-refractivity contribution is 9.10. The minimum atomic E-state index is 0.559. The van der Waals surface area contributed by atoms with E-state index in [0.717, 1.165) is 23.1 Å². The van der Waals surface area contributed by atoms with E-state index < -0.39 is 0 Å². The molecule has 2 aromatic heterocycles. The van der Waals surface area contributed by atoms with Crippen LogP contribution in [0.25, 0.3) is 0 Å². The normalized spacial score (nSPS) is 10.4. The molecule has 0 radical (unpaired) electrons. The zero-order valence-electron chi connectivity index (χ0n) is 8.68. The summed E-state index contributed by atoms with van der Waals surface area (Å²) >= 11 is 4.59. The zero-order chi connectivity index (χ0) is 11.4. The lowest BCUT2D eigenvalue weighted by Gasteiger charge is -1.99. The first-order valence-electron chi connectivity index (χ1n) is 4.89. The highest BCUT2D eigenvalue weighted by Crippen LogP contribution is 2.24. The smallest absolute Gasteiger partial charge is 0.298 e. The van der Waals surface area contributed by atoms with Gasteiger partial charge in [0.2, 0.25) is 0 Å². The Hall–Kier alpha value is -1.01. The number of rotatable bonds is 4. The Morgan fingerprint density at radius 2 is 2.31 bits per heavy atom. The van der Waals surface area contributed by atoms with Crippen molar-refractivity contribution in [2.45, 2.75) is 19.8 Å². The second kappa shape index (κ2) is 5.36. The van der Waals surface area contributed by atoms with Crippen LogP contribution in [0.1, 0.15) is 19.2 Å². The van der Waals surface area contributed by atoms with Crippen molar-refractivity contribution in [3.8, 4) is 10.9 Å². The number of hydrogen-bond donors (Lipinski definition) is 0. The summed E-state index contributed by atoms with van der Waals surface area (Å²) in [6.45, 7) is 2.10. The molecule has 0 saturated carbocycles. The van der Waals surface area contributed by atoms with E-state index in [9.17, 15) is 0 Å². The van der Waals surface area contributed by atoms with Gasteiger partial charge >= 0.3 is 0 Å². The molecule has 0 aliphatic carbocycles. The molecule has 84 valence electrons. The summed E-state index contributed by atoms with van der Waals surface area (Å²) in [4.78, 5) is 8.28. The number of halogens is 1. The predicted octanol–water partition coefficient (Wildman–Crippen LogP) is 3.44. The van der Waals surface area contributed by atoms with Crippen molar-refractivity contribution in [2.24, 2.45) is 0 Å². The highest BCUT2D eigenvalue weighted by atomic mass is 79.9. The van der Waals surface area contributed by atoms with E-state index in [2.05, 4.69) is 37.2 Å². The standard InChI is InChI=1S/C10H10BrN3OS/c1-2-3-9-13-10(16-14-9)15-8-4-7(11)5-12-6-8/h4-6H,2-3H2,1H3. The van der Waals surface area contributed by atoms with Gasteiger partial charge in [0.1, 0.15) is 11.6 Å². The van der Waals surface area contributed by atoms with E-state index >= 15 is 0 Å². The van der Waals surface area contributed by atoms with Crippen molar-refractivity contribution in [2.75, 3.05) is 0 Å². The van der Waals surface area contributed by atoms with Crippen molar-refractivity contribution < 1.29 is 4.74 Å². The van der Waals surface area contributed by atoms with E-state index in [1.54, 1.807) is 12.4 Å². The molecule has 2 heterocycles. The monoisotopic (exact) mass is 299 g/mol. The Morgan fingerprint density at radius 1 is 1.44 bits per heavy atom. The summed E-state index contributed by atoms with van der Waals surface area (Å²) in [6.07, 6.45) is 5.27. The molecule has 0 saturated heterocycles. The molecule has 0 spiro atoms. The van der Waals surface area contributed by atoms with Gasteiger partial charge in [0.25, 0.3) is 5.19 Å². The molecule has 0 aliphatic rings.